The van der Waals surface area contributed by atoms with E-state index in [0.29, 0.717) is 6.42 Å². The Balaban J connectivity index is 2.14. The van der Waals surface area contributed by atoms with Gasteiger partial charge in [0.2, 0.25) is 0 Å². The average molecular weight is 463 g/mol. The predicted octanol–water partition coefficient (Wildman–Crippen LogP) is 7.46. The van der Waals surface area contributed by atoms with Crippen LogP contribution in [0.25, 0.3) is 11.1 Å². The Bertz CT molecular complexity index is 864. The molecule has 4 nitrogen and oxygen atoms in total. The van der Waals surface area contributed by atoms with Crippen LogP contribution in [0, 0.1) is 6.92 Å². The molecule has 1 atom stereocenters. The predicted molar refractivity (Wildman–Crippen MR) is 133 cm³/mol. The van der Waals surface area contributed by atoms with Crippen molar-refractivity contribution in [1.82, 2.24) is 0 Å². The molecule has 2 N–H and O–H groups in total. The van der Waals surface area contributed by atoms with Gasteiger partial charge in [-0.2, -0.15) is 0 Å². The summed E-state index contributed by atoms with van der Waals surface area (Å²) < 4.78 is 17.9. The van der Waals surface area contributed by atoms with Crippen molar-refractivity contribution in [2.75, 3.05) is 6.16 Å². The number of rotatable bonds is 10. The fraction of sp³-hybridized carbons (Fsp3) is 0.520. The first-order valence-corrected chi connectivity index (χ1v) is 15.9. The third-order valence-corrected chi connectivity index (χ3v) is 11.7. The Morgan fingerprint density at radius 2 is 1.42 bits per heavy atom. The van der Waals surface area contributed by atoms with Crippen LogP contribution >= 0.6 is 7.60 Å². The van der Waals surface area contributed by atoms with E-state index < -0.39 is 15.9 Å². The third-order valence-electron chi connectivity index (χ3n) is 6.33. The van der Waals surface area contributed by atoms with Crippen LogP contribution < -0.4 is 0 Å². The molecule has 0 fully saturated rings. The fourth-order valence-corrected chi connectivity index (χ4v) is 5.24. The molecule has 0 aliphatic rings. The molecule has 6 heteroatoms. The number of hydrogen-bond acceptors (Lipinski definition) is 2. The summed E-state index contributed by atoms with van der Waals surface area (Å²) in [7, 11) is -5.86. The van der Waals surface area contributed by atoms with Crippen LogP contribution in [-0.4, -0.2) is 24.3 Å². The van der Waals surface area contributed by atoms with Crippen molar-refractivity contribution in [3.8, 4) is 11.1 Å². The summed E-state index contributed by atoms with van der Waals surface area (Å²) in [6, 6.07) is 17.2. The van der Waals surface area contributed by atoms with Gasteiger partial charge in [-0.3, -0.25) is 4.57 Å². The fourth-order valence-electron chi connectivity index (χ4n) is 3.29. The van der Waals surface area contributed by atoms with Crippen molar-refractivity contribution in [2.45, 2.75) is 77.6 Å². The van der Waals surface area contributed by atoms with E-state index in [9.17, 15) is 4.57 Å². The van der Waals surface area contributed by atoms with Crippen molar-refractivity contribution in [3.63, 3.8) is 0 Å². The van der Waals surface area contributed by atoms with E-state index in [0.717, 1.165) is 19.3 Å². The largest absolute Gasteiger partial charge is 0.410 e. The summed E-state index contributed by atoms with van der Waals surface area (Å²) in [5, 5.41) is 0.119. The first kappa shape index (κ1) is 26.0. The van der Waals surface area contributed by atoms with Crippen molar-refractivity contribution >= 4 is 15.9 Å². The zero-order chi connectivity index (χ0) is 23.3. The molecule has 0 heterocycles. The lowest BCUT2D eigenvalue weighted by molar-refractivity contribution is 0.170. The van der Waals surface area contributed by atoms with Crippen LogP contribution in [0.2, 0.25) is 18.1 Å². The Morgan fingerprint density at radius 3 is 1.90 bits per heavy atom. The van der Waals surface area contributed by atoms with Crippen molar-refractivity contribution in [1.29, 1.82) is 0 Å². The molecule has 0 aliphatic carbocycles. The quantitative estimate of drug-likeness (QED) is 0.218. The molecular formula is C25H39O4PSi. The minimum Gasteiger partial charge on any atom is -0.410 e. The third kappa shape index (κ3) is 8.32. The standard InChI is InChI=1S/C25H39O4PSi/c1-20-11-13-21(14-12-20)22-15-17-23(18-16-22)24(29-31(5,6)25(2,3)4)10-8-7-9-19-30(26,27)28/h11-18,24H,7-10,19H2,1-6H3,(H2,26,27,28). The van der Waals surface area contributed by atoms with Gasteiger partial charge in [-0.25, -0.2) is 0 Å². The summed E-state index contributed by atoms with van der Waals surface area (Å²) >= 11 is 0. The molecule has 0 saturated heterocycles. The number of hydrogen-bond donors (Lipinski definition) is 2. The second-order valence-electron chi connectivity index (χ2n) is 10.1. The highest BCUT2D eigenvalue weighted by Crippen LogP contribution is 2.41. The molecule has 2 aromatic carbocycles. The summed E-state index contributed by atoms with van der Waals surface area (Å²) in [6.07, 6.45) is 3.05. The molecule has 172 valence electrons. The molecule has 1 unspecified atom stereocenters. The van der Waals surface area contributed by atoms with Crippen molar-refractivity contribution in [3.05, 3.63) is 59.7 Å². The van der Waals surface area contributed by atoms with Gasteiger partial charge in [-0.15, -0.1) is 0 Å². The van der Waals surface area contributed by atoms with Gasteiger partial charge < -0.3 is 14.2 Å². The highest BCUT2D eigenvalue weighted by molar-refractivity contribution is 7.51. The molecule has 0 aromatic heterocycles. The first-order valence-electron chi connectivity index (χ1n) is 11.2. The number of aryl methyl sites for hydroxylation is 1. The van der Waals surface area contributed by atoms with E-state index in [1.807, 2.05) is 0 Å². The van der Waals surface area contributed by atoms with E-state index in [1.165, 1.54) is 22.3 Å². The number of unbranched alkanes of at least 4 members (excludes halogenated alkanes) is 2. The highest BCUT2D eigenvalue weighted by Gasteiger charge is 2.39. The minimum atomic E-state index is -3.91. The van der Waals surface area contributed by atoms with E-state index in [1.54, 1.807) is 0 Å². The van der Waals surface area contributed by atoms with Gasteiger partial charge in [0.1, 0.15) is 0 Å². The zero-order valence-corrected chi connectivity index (χ0v) is 21.8. The lowest BCUT2D eigenvalue weighted by Gasteiger charge is -2.39. The lowest BCUT2D eigenvalue weighted by Crippen LogP contribution is -2.41. The Morgan fingerprint density at radius 1 is 0.903 bits per heavy atom. The SMILES string of the molecule is Cc1ccc(-c2ccc(C(CCCCCP(=O)(O)O)O[Si](C)(C)C(C)(C)C)cc2)cc1. The van der Waals surface area contributed by atoms with E-state index in [4.69, 9.17) is 14.2 Å². The molecular weight excluding hydrogens is 423 g/mol. The molecule has 0 saturated carbocycles. The topological polar surface area (TPSA) is 66.8 Å². The van der Waals surface area contributed by atoms with Crippen molar-refractivity contribution in [2.24, 2.45) is 0 Å². The first-order chi connectivity index (χ1) is 14.3. The van der Waals surface area contributed by atoms with Crippen LogP contribution in [0.3, 0.4) is 0 Å². The van der Waals surface area contributed by atoms with Crippen LogP contribution in [0.4, 0.5) is 0 Å². The van der Waals surface area contributed by atoms with Gasteiger partial charge in [0, 0.05) is 6.16 Å². The molecule has 0 amide bonds. The maximum atomic E-state index is 11.1. The van der Waals surface area contributed by atoms with E-state index >= 15 is 0 Å². The molecule has 2 aromatic rings. The lowest BCUT2D eigenvalue weighted by atomic mass is 9.99. The Hall–Kier alpha value is -1.23. The molecule has 0 bridgehead atoms. The van der Waals surface area contributed by atoms with Gasteiger partial charge in [-0.1, -0.05) is 87.7 Å². The molecule has 0 spiro atoms. The van der Waals surface area contributed by atoms with Gasteiger partial charge in [-0.05, 0) is 54.6 Å². The maximum absolute atomic E-state index is 11.1. The second-order valence-corrected chi connectivity index (χ2v) is 16.6. The second kappa shape index (κ2) is 10.6. The number of benzene rings is 2. The Labute approximate surface area is 189 Å². The van der Waals surface area contributed by atoms with Gasteiger partial charge in [0.15, 0.2) is 8.32 Å². The van der Waals surface area contributed by atoms with E-state index in [2.05, 4.69) is 89.3 Å². The van der Waals surface area contributed by atoms with Crippen molar-refractivity contribution < 1.29 is 18.8 Å². The van der Waals surface area contributed by atoms with Crippen LogP contribution in [0.5, 0.6) is 0 Å². The zero-order valence-electron chi connectivity index (χ0n) is 19.9. The van der Waals surface area contributed by atoms with Gasteiger partial charge in [0.25, 0.3) is 0 Å². The smallest absolute Gasteiger partial charge is 0.325 e. The van der Waals surface area contributed by atoms with Crippen LogP contribution in [0.15, 0.2) is 48.5 Å². The summed E-state index contributed by atoms with van der Waals surface area (Å²) in [5.74, 6) is 0. The van der Waals surface area contributed by atoms with Crippen LogP contribution in [-0.2, 0) is 8.99 Å². The molecule has 31 heavy (non-hydrogen) atoms. The summed E-state index contributed by atoms with van der Waals surface area (Å²) in [4.78, 5) is 18.1. The molecule has 0 aliphatic heterocycles. The average Bonchev–Trinajstić information content (AvgIpc) is 2.66. The summed E-state index contributed by atoms with van der Waals surface area (Å²) in [5.41, 5.74) is 4.82. The minimum absolute atomic E-state index is 0.00279. The van der Waals surface area contributed by atoms with E-state index in [-0.39, 0.29) is 17.3 Å². The van der Waals surface area contributed by atoms with Gasteiger partial charge >= 0.3 is 7.60 Å². The highest BCUT2D eigenvalue weighted by atomic mass is 31.2. The normalized spacial score (nSPS) is 13.9. The monoisotopic (exact) mass is 462 g/mol. The maximum Gasteiger partial charge on any atom is 0.325 e. The summed E-state index contributed by atoms with van der Waals surface area (Å²) in [6.45, 7) is 13.4. The molecule has 2 rings (SSSR count). The Kier molecular flexibility index (Phi) is 8.89. The molecule has 0 radical (unpaired) electrons. The van der Waals surface area contributed by atoms with Gasteiger partial charge in [0.05, 0.1) is 6.10 Å². The van der Waals surface area contributed by atoms with Crippen LogP contribution in [0.1, 0.15) is 63.7 Å².